The number of hydrogen-bond donors (Lipinski definition) is 1. The van der Waals surface area contributed by atoms with E-state index in [0.717, 1.165) is 10.2 Å². The van der Waals surface area contributed by atoms with Crippen LogP contribution in [0.3, 0.4) is 0 Å². The van der Waals surface area contributed by atoms with E-state index in [4.69, 9.17) is 0 Å². The number of rotatable bonds is 2. The van der Waals surface area contributed by atoms with Crippen LogP contribution in [-0.4, -0.2) is 11.3 Å². The van der Waals surface area contributed by atoms with E-state index in [2.05, 4.69) is 20.9 Å². The van der Waals surface area contributed by atoms with Gasteiger partial charge in [-0.05, 0) is 52.7 Å². The number of nitrogens with zero attached hydrogens (tertiary/aromatic N) is 1. The van der Waals surface area contributed by atoms with Crippen LogP contribution in [0.4, 0.5) is 5.69 Å². The van der Waals surface area contributed by atoms with Crippen LogP contribution in [0.5, 0.6) is 5.75 Å². The second kappa shape index (κ2) is 5.15. The lowest BCUT2D eigenvalue weighted by molar-refractivity contribution is 0.474. The summed E-state index contributed by atoms with van der Waals surface area (Å²) in [4.78, 5) is 4.35. The Morgan fingerprint density at radius 1 is 1.18 bits per heavy atom. The third-order valence-electron chi connectivity index (χ3n) is 2.38. The smallest absolute Gasteiger partial charge is 0.124 e. The Morgan fingerprint density at radius 2 is 1.94 bits per heavy atom. The topological polar surface area (TPSA) is 32.6 Å². The monoisotopic (exact) mass is 289 g/mol. The Labute approximate surface area is 109 Å². The number of benzene rings is 2. The van der Waals surface area contributed by atoms with E-state index in [1.165, 1.54) is 5.56 Å². The summed E-state index contributed by atoms with van der Waals surface area (Å²) in [6.45, 7) is 2.03. The number of halogens is 1. The fourth-order valence-corrected chi connectivity index (χ4v) is 2.05. The molecule has 0 aliphatic rings. The highest BCUT2D eigenvalue weighted by molar-refractivity contribution is 9.10. The molecule has 2 aromatic carbocycles. The minimum Gasteiger partial charge on any atom is -0.507 e. The van der Waals surface area contributed by atoms with Crippen LogP contribution >= 0.6 is 15.9 Å². The second-order valence-electron chi connectivity index (χ2n) is 3.77. The van der Waals surface area contributed by atoms with Gasteiger partial charge in [-0.25, -0.2) is 0 Å². The van der Waals surface area contributed by atoms with Crippen LogP contribution in [0.25, 0.3) is 0 Å². The van der Waals surface area contributed by atoms with Crippen molar-refractivity contribution < 1.29 is 5.11 Å². The zero-order chi connectivity index (χ0) is 12.3. The molecule has 0 radical (unpaired) electrons. The maximum Gasteiger partial charge on any atom is 0.124 e. The molecule has 2 aromatic rings. The average Bonchev–Trinajstić information content (AvgIpc) is 2.30. The number of phenolic OH excluding ortho intramolecular Hbond substituents is 1. The summed E-state index contributed by atoms with van der Waals surface area (Å²) in [5.41, 5.74) is 2.73. The van der Waals surface area contributed by atoms with Gasteiger partial charge in [-0.1, -0.05) is 18.2 Å². The molecule has 0 bridgehead atoms. The Hall–Kier alpha value is -1.61. The molecule has 0 atom stereocenters. The van der Waals surface area contributed by atoms with Gasteiger partial charge in [0.05, 0.1) is 5.69 Å². The molecule has 0 saturated carbocycles. The fraction of sp³-hybridized carbons (Fsp3) is 0.0714. The van der Waals surface area contributed by atoms with Gasteiger partial charge in [0, 0.05) is 16.3 Å². The summed E-state index contributed by atoms with van der Waals surface area (Å²) in [6.07, 6.45) is 1.66. The molecule has 0 saturated heterocycles. The maximum absolute atomic E-state index is 9.60. The third-order valence-corrected chi connectivity index (χ3v) is 3.02. The molecule has 17 heavy (non-hydrogen) atoms. The summed E-state index contributed by atoms with van der Waals surface area (Å²) in [7, 11) is 0. The number of aromatic hydroxyl groups is 1. The Bertz CT molecular complexity index is 564. The molecule has 0 fully saturated rings. The van der Waals surface area contributed by atoms with E-state index in [9.17, 15) is 5.11 Å². The molecule has 1 N–H and O–H groups in total. The maximum atomic E-state index is 9.60. The lowest BCUT2D eigenvalue weighted by Gasteiger charge is -2.00. The predicted molar refractivity (Wildman–Crippen MR) is 74.2 cm³/mol. The van der Waals surface area contributed by atoms with Crippen molar-refractivity contribution in [2.24, 2.45) is 4.99 Å². The van der Waals surface area contributed by atoms with Crippen molar-refractivity contribution in [1.29, 1.82) is 0 Å². The molecular formula is C14H12BrNO. The van der Waals surface area contributed by atoms with Gasteiger partial charge >= 0.3 is 0 Å². The van der Waals surface area contributed by atoms with Crippen molar-refractivity contribution in [2.75, 3.05) is 0 Å². The van der Waals surface area contributed by atoms with Crippen molar-refractivity contribution in [3.63, 3.8) is 0 Å². The fourth-order valence-electron chi connectivity index (χ4n) is 1.45. The second-order valence-corrected chi connectivity index (χ2v) is 4.63. The lowest BCUT2D eigenvalue weighted by Crippen LogP contribution is -1.81. The highest BCUT2D eigenvalue weighted by Crippen LogP contribution is 2.26. The SMILES string of the molecule is Cc1ccc(N=Cc2ccccc2O)c(Br)c1. The average molecular weight is 290 g/mol. The number of para-hydroxylation sites is 1. The Kier molecular flexibility index (Phi) is 3.59. The first-order chi connectivity index (χ1) is 8.16. The van der Waals surface area contributed by atoms with Gasteiger partial charge in [0.1, 0.15) is 5.75 Å². The van der Waals surface area contributed by atoms with E-state index < -0.39 is 0 Å². The molecule has 0 spiro atoms. The molecule has 86 valence electrons. The number of aliphatic imine (C=N–C) groups is 1. The molecule has 0 unspecified atom stereocenters. The van der Waals surface area contributed by atoms with Crippen molar-refractivity contribution >= 4 is 27.8 Å². The van der Waals surface area contributed by atoms with E-state index in [-0.39, 0.29) is 5.75 Å². The van der Waals surface area contributed by atoms with Crippen molar-refractivity contribution in [3.05, 3.63) is 58.1 Å². The normalized spacial score (nSPS) is 10.9. The van der Waals surface area contributed by atoms with Gasteiger partial charge in [-0.3, -0.25) is 4.99 Å². The summed E-state index contributed by atoms with van der Waals surface area (Å²) in [5, 5.41) is 9.60. The van der Waals surface area contributed by atoms with Crippen molar-refractivity contribution in [3.8, 4) is 5.75 Å². The molecule has 0 amide bonds. The van der Waals surface area contributed by atoms with Gasteiger partial charge in [0.2, 0.25) is 0 Å². The van der Waals surface area contributed by atoms with Gasteiger partial charge < -0.3 is 5.11 Å². The quantitative estimate of drug-likeness (QED) is 0.825. The molecule has 0 aliphatic carbocycles. The molecule has 0 aromatic heterocycles. The molecule has 3 heteroatoms. The van der Waals surface area contributed by atoms with E-state index >= 15 is 0 Å². The first-order valence-corrected chi connectivity index (χ1v) is 6.04. The summed E-state index contributed by atoms with van der Waals surface area (Å²) in [6, 6.07) is 13.1. The molecule has 2 rings (SSSR count). The highest BCUT2D eigenvalue weighted by Gasteiger charge is 1.98. The van der Waals surface area contributed by atoms with Crippen molar-refractivity contribution in [2.45, 2.75) is 6.92 Å². The van der Waals surface area contributed by atoms with Gasteiger partial charge in [-0.2, -0.15) is 0 Å². The summed E-state index contributed by atoms with van der Waals surface area (Å²) >= 11 is 3.46. The minimum absolute atomic E-state index is 0.236. The Balaban J connectivity index is 2.29. The van der Waals surface area contributed by atoms with Crippen LogP contribution in [0, 0.1) is 6.92 Å². The molecule has 0 aliphatic heterocycles. The zero-order valence-electron chi connectivity index (χ0n) is 9.39. The van der Waals surface area contributed by atoms with E-state index in [1.54, 1.807) is 18.3 Å². The van der Waals surface area contributed by atoms with Gasteiger partial charge in [0.25, 0.3) is 0 Å². The predicted octanol–water partition coefficient (Wildman–Crippen LogP) is 4.21. The molecular weight excluding hydrogens is 278 g/mol. The van der Waals surface area contributed by atoms with Crippen LogP contribution in [0.2, 0.25) is 0 Å². The largest absolute Gasteiger partial charge is 0.507 e. The van der Waals surface area contributed by atoms with Crippen LogP contribution in [0.1, 0.15) is 11.1 Å². The highest BCUT2D eigenvalue weighted by atomic mass is 79.9. The number of aryl methyl sites for hydroxylation is 1. The van der Waals surface area contributed by atoms with E-state index in [1.807, 2.05) is 37.3 Å². The number of hydrogen-bond acceptors (Lipinski definition) is 2. The summed E-state index contributed by atoms with van der Waals surface area (Å²) in [5.74, 6) is 0.236. The first-order valence-electron chi connectivity index (χ1n) is 5.25. The van der Waals surface area contributed by atoms with Crippen molar-refractivity contribution in [1.82, 2.24) is 0 Å². The van der Waals surface area contributed by atoms with E-state index in [0.29, 0.717) is 5.56 Å². The molecule has 0 heterocycles. The standard InChI is InChI=1S/C14H12BrNO/c1-10-6-7-13(12(15)8-10)16-9-11-4-2-3-5-14(11)17/h2-9,17H,1H3. The molecule has 2 nitrogen and oxygen atoms in total. The van der Waals surface area contributed by atoms with Crippen LogP contribution in [0.15, 0.2) is 51.9 Å². The van der Waals surface area contributed by atoms with Gasteiger partial charge in [0.15, 0.2) is 0 Å². The van der Waals surface area contributed by atoms with Crippen LogP contribution < -0.4 is 0 Å². The van der Waals surface area contributed by atoms with Gasteiger partial charge in [-0.15, -0.1) is 0 Å². The summed E-state index contributed by atoms with van der Waals surface area (Å²) < 4.78 is 0.948. The first kappa shape index (κ1) is 11.9. The minimum atomic E-state index is 0.236. The number of phenols is 1. The Morgan fingerprint density at radius 3 is 2.65 bits per heavy atom. The van der Waals surface area contributed by atoms with Crippen LogP contribution in [-0.2, 0) is 0 Å². The lowest BCUT2D eigenvalue weighted by atomic mass is 10.2. The zero-order valence-corrected chi connectivity index (χ0v) is 11.0. The third kappa shape index (κ3) is 2.94.